The van der Waals surface area contributed by atoms with Crippen LogP contribution in [0, 0.1) is 0 Å². The summed E-state index contributed by atoms with van der Waals surface area (Å²) in [6.07, 6.45) is 4.93. The fraction of sp³-hybridized carbons (Fsp3) is 0.769. The lowest BCUT2D eigenvalue weighted by atomic mass is 9.98. The third kappa shape index (κ3) is 3.27. The van der Waals surface area contributed by atoms with E-state index in [1.165, 1.54) is 41.3 Å². The molecule has 1 aromatic rings. The first-order valence-corrected chi connectivity index (χ1v) is 7.39. The molecule has 1 heterocycles. The van der Waals surface area contributed by atoms with Gasteiger partial charge in [0.25, 0.3) is 0 Å². The average Bonchev–Trinajstić information content (AvgIpc) is 2.67. The molecule has 1 atom stereocenters. The fourth-order valence-corrected chi connectivity index (χ4v) is 3.66. The van der Waals surface area contributed by atoms with Crippen molar-refractivity contribution in [1.82, 2.24) is 15.2 Å². The van der Waals surface area contributed by atoms with Crippen LogP contribution in [0.3, 0.4) is 0 Å². The Balaban J connectivity index is 2.10. The molecule has 2 rings (SSSR count). The molecule has 0 aromatic carbocycles. The molecule has 17 heavy (non-hydrogen) atoms. The van der Waals surface area contributed by atoms with E-state index in [0.717, 1.165) is 13.1 Å². The van der Waals surface area contributed by atoms with Gasteiger partial charge in [0.1, 0.15) is 5.01 Å². The highest BCUT2D eigenvalue weighted by atomic mass is 32.1. The van der Waals surface area contributed by atoms with E-state index in [0.29, 0.717) is 6.04 Å². The van der Waals surface area contributed by atoms with E-state index in [1.807, 2.05) is 11.3 Å². The van der Waals surface area contributed by atoms with Gasteiger partial charge in [0.05, 0.1) is 5.69 Å². The minimum absolute atomic E-state index is 0.562. The summed E-state index contributed by atoms with van der Waals surface area (Å²) in [7, 11) is 4.21. The highest BCUT2D eigenvalue weighted by Crippen LogP contribution is 2.34. The van der Waals surface area contributed by atoms with Crippen LogP contribution in [0.1, 0.15) is 47.8 Å². The second-order valence-corrected chi connectivity index (χ2v) is 6.17. The Morgan fingerprint density at radius 2 is 2.29 bits per heavy atom. The van der Waals surface area contributed by atoms with Crippen LogP contribution in [0.2, 0.25) is 0 Å². The highest BCUT2D eigenvalue weighted by molar-refractivity contribution is 7.11. The largest absolute Gasteiger partial charge is 0.309 e. The number of nitrogens with zero attached hydrogens (tertiary/aromatic N) is 2. The summed E-state index contributed by atoms with van der Waals surface area (Å²) < 4.78 is 0. The Hall–Kier alpha value is -0.450. The molecule has 0 spiro atoms. The quantitative estimate of drug-likeness (QED) is 0.874. The lowest BCUT2D eigenvalue weighted by Gasteiger charge is -2.22. The van der Waals surface area contributed by atoms with E-state index in [4.69, 9.17) is 4.98 Å². The molecule has 1 aliphatic rings. The van der Waals surface area contributed by atoms with Crippen molar-refractivity contribution in [2.75, 3.05) is 20.6 Å². The zero-order valence-electron chi connectivity index (χ0n) is 11.1. The Kier molecular flexibility index (Phi) is 4.54. The molecular formula is C13H23N3S. The van der Waals surface area contributed by atoms with Gasteiger partial charge < -0.3 is 10.2 Å². The number of hydrogen-bond acceptors (Lipinski definition) is 4. The normalized spacial score (nSPS) is 19.6. The Bertz CT molecular complexity index is 360. The van der Waals surface area contributed by atoms with Crippen molar-refractivity contribution in [3.05, 3.63) is 15.6 Å². The van der Waals surface area contributed by atoms with Crippen LogP contribution in [-0.2, 0) is 13.0 Å². The van der Waals surface area contributed by atoms with Gasteiger partial charge in [-0.15, -0.1) is 11.3 Å². The van der Waals surface area contributed by atoms with E-state index in [2.05, 4.69) is 31.2 Å². The van der Waals surface area contributed by atoms with Gasteiger partial charge in [-0.1, -0.05) is 6.92 Å². The van der Waals surface area contributed by atoms with E-state index < -0.39 is 0 Å². The summed E-state index contributed by atoms with van der Waals surface area (Å²) in [4.78, 5) is 8.48. The molecule has 1 aliphatic carbocycles. The number of hydrogen-bond donors (Lipinski definition) is 1. The smallest absolute Gasteiger partial charge is 0.107 e. The molecule has 0 radical (unpaired) electrons. The van der Waals surface area contributed by atoms with Crippen molar-refractivity contribution < 1.29 is 0 Å². The number of nitrogens with one attached hydrogen (secondary N) is 1. The minimum atomic E-state index is 0.562. The maximum absolute atomic E-state index is 4.79. The topological polar surface area (TPSA) is 28.2 Å². The number of fused-ring (bicyclic) bond motifs is 1. The van der Waals surface area contributed by atoms with E-state index in [9.17, 15) is 0 Å². The summed E-state index contributed by atoms with van der Waals surface area (Å²) >= 11 is 1.91. The summed E-state index contributed by atoms with van der Waals surface area (Å²) in [5.74, 6) is 0. The third-order valence-corrected chi connectivity index (χ3v) is 4.28. The summed E-state index contributed by atoms with van der Waals surface area (Å²) in [5, 5.41) is 4.92. The van der Waals surface area contributed by atoms with Gasteiger partial charge in [-0.2, -0.15) is 0 Å². The predicted octanol–water partition coefficient (Wildman–Crippen LogP) is 2.58. The Labute approximate surface area is 108 Å². The Morgan fingerprint density at radius 3 is 3.00 bits per heavy atom. The molecule has 1 unspecified atom stereocenters. The van der Waals surface area contributed by atoms with Gasteiger partial charge in [0.2, 0.25) is 0 Å². The number of rotatable bonds is 5. The summed E-state index contributed by atoms with van der Waals surface area (Å²) in [6, 6.07) is 0.562. The van der Waals surface area contributed by atoms with Crippen molar-refractivity contribution >= 4 is 11.3 Å². The number of thiazole rings is 1. The lowest BCUT2D eigenvalue weighted by molar-refractivity contribution is 0.401. The second kappa shape index (κ2) is 5.94. The molecule has 0 aliphatic heterocycles. The van der Waals surface area contributed by atoms with Crippen LogP contribution >= 0.6 is 11.3 Å². The summed E-state index contributed by atoms with van der Waals surface area (Å²) in [6.45, 7) is 4.31. The molecule has 3 nitrogen and oxygen atoms in total. The van der Waals surface area contributed by atoms with Crippen LogP contribution in [-0.4, -0.2) is 30.5 Å². The first-order chi connectivity index (χ1) is 8.20. The van der Waals surface area contributed by atoms with Crippen molar-refractivity contribution in [2.24, 2.45) is 0 Å². The fourth-order valence-electron chi connectivity index (χ4n) is 2.32. The monoisotopic (exact) mass is 253 g/mol. The molecule has 0 bridgehead atoms. The highest BCUT2D eigenvalue weighted by Gasteiger charge is 2.23. The first kappa shape index (κ1) is 13.0. The van der Waals surface area contributed by atoms with Crippen LogP contribution in [0.15, 0.2) is 0 Å². The summed E-state index contributed by atoms with van der Waals surface area (Å²) in [5.41, 5.74) is 1.35. The molecule has 1 aromatic heterocycles. The van der Waals surface area contributed by atoms with Gasteiger partial charge >= 0.3 is 0 Å². The number of aromatic nitrogens is 1. The lowest BCUT2D eigenvalue weighted by Crippen LogP contribution is -2.24. The SMILES string of the molecule is CCCNC1CCCc2nc(CN(C)C)sc21. The van der Waals surface area contributed by atoms with Crippen molar-refractivity contribution in [3.8, 4) is 0 Å². The average molecular weight is 253 g/mol. The molecule has 0 fully saturated rings. The van der Waals surface area contributed by atoms with Crippen LogP contribution in [0.25, 0.3) is 0 Å². The van der Waals surface area contributed by atoms with Crippen molar-refractivity contribution in [3.63, 3.8) is 0 Å². The van der Waals surface area contributed by atoms with Gasteiger partial charge in [0.15, 0.2) is 0 Å². The van der Waals surface area contributed by atoms with Gasteiger partial charge in [-0.25, -0.2) is 4.98 Å². The zero-order valence-corrected chi connectivity index (χ0v) is 11.9. The Morgan fingerprint density at radius 1 is 1.47 bits per heavy atom. The van der Waals surface area contributed by atoms with Crippen LogP contribution < -0.4 is 5.32 Å². The molecule has 4 heteroatoms. The maximum Gasteiger partial charge on any atom is 0.107 e. The van der Waals surface area contributed by atoms with E-state index in [1.54, 1.807) is 0 Å². The number of aryl methyl sites for hydroxylation is 1. The molecule has 96 valence electrons. The standard InChI is InChI=1S/C13H23N3S/c1-4-8-14-10-6-5-7-11-13(10)17-12(15-11)9-16(2)3/h10,14H,4-9H2,1-3H3. The molecule has 0 amide bonds. The third-order valence-electron chi connectivity index (χ3n) is 3.09. The predicted molar refractivity (Wildman–Crippen MR) is 73.5 cm³/mol. The first-order valence-electron chi connectivity index (χ1n) is 6.57. The minimum Gasteiger partial charge on any atom is -0.309 e. The van der Waals surface area contributed by atoms with Crippen molar-refractivity contribution in [2.45, 2.75) is 45.2 Å². The molecule has 0 saturated carbocycles. The van der Waals surface area contributed by atoms with E-state index in [-0.39, 0.29) is 0 Å². The maximum atomic E-state index is 4.79. The van der Waals surface area contributed by atoms with Crippen LogP contribution in [0.4, 0.5) is 0 Å². The van der Waals surface area contributed by atoms with Crippen LogP contribution in [0.5, 0.6) is 0 Å². The van der Waals surface area contributed by atoms with Gasteiger partial charge in [-0.3, -0.25) is 0 Å². The molecule has 0 saturated heterocycles. The zero-order chi connectivity index (χ0) is 12.3. The molecule has 1 N–H and O–H groups in total. The van der Waals surface area contributed by atoms with Gasteiger partial charge in [-0.05, 0) is 46.3 Å². The second-order valence-electron chi connectivity index (χ2n) is 5.06. The molecular weight excluding hydrogens is 230 g/mol. The van der Waals surface area contributed by atoms with Crippen molar-refractivity contribution in [1.29, 1.82) is 0 Å². The van der Waals surface area contributed by atoms with Gasteiger partial charge in [0, 0.05) is 17.5 Å². The van der Waals surface area contributed by atoms with E-state index >= 15 is 0 Å².